The second-order valence-electron chi connectivity index (χ2n) is 5.99. The van der Waals surface area contributed by atoms with Gasteiger partial charge in [0.2, 0.25) is 0 Å². The minimum Gasteiger partial charge on any atom is -0.192 e. The standard InChI is InChI=1S/C22H19N/c1-16(2)19-13-20(17-9-5-3-6-10-17)22(15-23)21(14-19)18-11-7-4-8-12-18/h3-14,16H,1-2H3. The lowest BCUT2D eigenvalue weighted by molar-refractivity contribution is 0.867. The molecule has 0 saturated carbocycles. The van der Waals surface area contributed by atoms with Crippen LogP contribution in [0.4, 0.5) is 0 Å². The van der Waals surface area contributed by atoms with Crippen molar-refractivity contribution in [1.82, 2.24) is 0 Å². The van der Waals surface area contributed by atoms with Gasteiger partial charge in [0, 0.05) is 11.1 Å². The molecule has 0 unspecified atom stereocenters. The Hall–Kier alpha value is -2.85. The molecule has 0 aliphatic heterocycles. The van der Waals surface area contributed by atoms with Crippen molar-refractivity contribution in [2.45, 2.75) is 19.8 Å². The average molecular weight is 297 g/mol. The molecular weight excluding hydrogens is 278 g/mol. The van der Waals surface area contributed by atoms with E-state index in [9.17, 15) is 5.26 Å². The van der Waals surface area contributed by atoms with Crippen LogP contribution >= 0.6 is 0 Å². The molecule has 0 aliphatic carbocycles. The van der Waals surface area contributed by atoms with Gasteiger partial charge in [-0.1, -0.05) is 74.5 Å². The Morgan fingerprint density at radius 2 is 1.17 bits per heavy atom. The summed E-state index contributed by atoms with van der Waals surface area (Å²) >= 11 is 0. The van der Waals surface area contributed by atoms with E-state index >= 15 is 0 Å². The maximum Gasteiger partial charge on any atom is 0.100 e. The zero-order chi connectivity index (χ0) is 16.2. The van der Waals surface area contributed by atoms with Gasteiger partial charge in [-0.25, -0.2) is 0 Å². The van der Waals surface area contributed by atoms with Gasteiger partial charge >= 0.3 is 0 Å². The van der Waals surface area contributed by atoms with E-state index in [1.807, 2.05) is 36.4 Å². The van der Waals surface area contributed by atoms with Gasteiger partial charge in [0.05, 0.1) is 5.56 Å². The first kappa shape index (κ1) is 15.1. The predicted molar refractivity (Wildman–Crippen MR) is 96.1 cm³/mol. The fourth-order valence-corrected chi connectivity index (χ4v) is 2.81. The summed E-state index contributed by atoms with van der Waals surface area (Å²) in [6.45, 7) is 4.37. The van der Waals surface area contributed by atoms with E-state index in [-0.39, 0.29) is 0 Å². The van der Waals surface area contributed by atoms with Crippen LogP contribution in [0.1, 0.15) is 30.9 Å². The summed E-state index contributed by atoms with van der Waals surface area (Å²) in [6, 6.07) is 27.1. The molecule has 23 heavy (non-hydrogen) atoms. The summed E-state index contributed by atoms with van der Waals surface area (Å²) in [4.78, 5) is 0. The number of nitriles is 1. The van der Waals surface area contributed by atoms with Crippen LogP contribution in [-0.2, 0) is 0 Å². The predicted octanol–water partition coefficient (Wildman–Crippen LogP) is 6.02. The van der Waals surface area contributed by atoms with Gasteiger partial charge in [-0.05, 0) is 34.7 Å². The van der Waals surface area contributed by atoms with Crippen molar-refractivity contribution < 1.29 is 0 Å². The molecule has 0 aromatic heterocycles. The zero-order valence-electron chi connectivity index (χ0n) is 13.5. The van der Waals surface area contributed by atoms with E-state index in [1.54, 1.807) is 0 Å². The van der Waals surface area contributed by atoms with Crippen LogP contribution in [-0.4, -0.2) is 0 Å². The molecule has 0 amide bonds. The van der Waals surface area contributed by atoms with Gasteiger partial charge in [-0.2, -0.15) is 5.26 Å². The Labute approximate surface area is 137 Å². The Kier molecular flexibility index (Phi) is 4.26. The SMILES string of the molecule is CC(C)c1cc(-c2ccccc2)c(C#N)c(-c2ccccc2)c1. The molecule has 0 atom stereocenters. The molecule has 0 aliphatic rings. The number of rotatable bonds is 3. The van der Waals surface area contributed by atoms with Gasteiger partial charge in [0.15, 0.2) is 0 Å². The lowest BCUT2D eigenvalue weighted by Crippen LogP contribution is -1.96. The second-order valence-corrected chi connectivity index (χ2v) is 5.99. The summed E-state index contributed by atoms with van der Waals surface area (Å²) in [5.74, 6) is 0.410. The third-order valence-corrected chi connectivity index (χ3v) is 4.11. The minimum atomic E-state index is 0.410. The summed E-state index contributed by atoms with van der Waals surface area (Å²) in [5.41, 5.74) is 6.19. The van der Waals surface area contributed by atoms with Crippen LogP contribution < -0.4 is 0 Å². The third kappa shape index (κ3) is 3.03. The van der Waals surface area contributed by atoms with Crippen LogP contribution in [0.15, 0.2) is 72.8 Å². The lowest BCUT2D eigenvalue weighted by Gasteiger charge is -2.15. The first-order chi connectivity index (χ1) is 11.2. The molecule has 3 aromatic rings. The topological polar surface area (TPSA) is 23.8 Å². The van der Waals surface area contributed by atoms with E-state index in [1.165, 1.54) is 5.56 Å². The quantitative estimate of drug-likeness (QED) is 0.580. The van der Waals surface area contributed by atoms with Crippen LogP contribution in [0.2, 0.25) is 0 Å². The molecule has 0 saturated heterocycles. The third-order valence-electron chi connectivity index (χ3n) is 4.11. The van der Waals surface area contributed by atoms with Crippen molar-refractivity contribution >= 4 is 0 Å². The number of hydrogen-bond donors (Lipinski definition) is 0. The maximum absolute atomic E-state index is 9.80. The fourth-order valence-electron chi connectivity index (χ4n) is 2.81. The second kappa shape index (κ2) is 6.50. The summed E-state index contributed by atoms with van der Waals surface area (Å²) in [5, 5.41) is 9.80. The Balaban J connectivity index is 2.32. The van der Waals surface area contributed by atoms with Crippen LogP contribution in [0.5, 0.6) is 0 Å². The largest absolute Gasteiger partial charge is 0.192 e. The first-order valence-electron chi connectivity index (χ1n) is 7.89. The van der Waals surface area contributed by atoms with Crippen molar-refractivity contribution in [2.24, 2.45) is 0 Å². The highest BCUT2D eigenvalue weighted by molar-refractivity contribution is 5.83. The van der Waals surface area contributed by atoms with Gasteiger partial charge < -0.3 is 0 Å². The van der Waals surface area contributed by atoms with E-state index in [2.05, 4.69) is 56.3 Å². The molecule has 3 aromatic carbocycles. The molecule has 0 bridgehead atoms. The Morgan fingerprint density at radius 3 is 1.52 bits per heavy atom. The van der Waals surface area contributed by atoms with Gasteiger partial charge in [0.1, 0.15) is 6.07 Å². The van der Waals surface area contributed by atoms with Gasteiger partial charge in [-0.15, -0.1) is 0 Å². The number of hydrogen-bond acceptors (Lipinski definition) is 1. The molecule has 1 nitrogen and oxygen atoms in total. The van der Waals surface area contributed by atoms with E-state index in [0.29, 0.717) is 5.92 Å². The van der Waals surface area contributed by atoms with E-state index < -0.39 is 0 Å². The first-order valence-corrected chi connectivity index (χ1v) is 7.89. The highest BCUT2D eigenvalue weighted by Crippen LogP contribution is 2.35. The minimum absolute atomic E-state index is 0.410. The van der Waals surface area contributed by atoms with Crippen molar-refractivity contribution in [1.29, 1.82) is 5.26 Å². The van der Waals surface area contributed by atoms with Crippen LogP contribution in [0.25, 0.3) is 22.3 Å². The Morgan fingerprint density at radius 1 is 0.739 bits per heavy atom. The summed E-state index contributed by atoms with van der Waals surface area (Å²) in [6.07, 6.45) is 0. The van der Waals surface area contributed by atoms with Crippen molar-refractivity contribution in [3.63, 3.8) is 0 Å². The number of benzene rings is 3. The van der Waals surface area contributed by atoms with Crippen LogP contribution in [0.3, 0.4) is 0 Å². The highest BCUT2D eigenvalue weighted by Gasteiger charge is 2.15. The average Bonchev–Trinajstić information content (AvgIpc) is 2.62. The van der Waals surface area contributed by atoms with Crippen molar-refractivity contribution in [3.05, 3.63) is 83.9 Å². The molecule has 3 rings (SSSR count). The molecule has 0 heterocycles. The molecule has 0 spiro atoms. The molecule has 0 N–H and O–H groups in total. The summed E-state index contributed by atoms with van der Waals surface area (Å²) in [7, 11) is 0. The fraction of sp³-hybridized carbons (Fsp3) is 0.136. The molecule has 112 valence electrons. The zero-order valence-corrected chi connectivity index (χ0v) is 13.5. The van der Waals surface area contributed by atoms with Crippen molar-refractivity contribution in [2.75, 3.05) is 0 Å². The van der Waals surface area contributed by atoms with E-state index in [4.69, 9.17) is 0 Å². The van der Waals surface area contributed by atoms with Gasteiger partial charge in [0.25, 0.3) is 0 Å². The Bertz CT molecular complexity index is 780. The molecular formula is C22H19N. The van der Waals surface area contributed by atoms with Crippen molar-refractivity contribution in [3.8, 4) is 28.3 Å². The van der Waals surface area contributed by atoms with E-state index in [0.717, 1.165) is 27.8 Å². The monoisotopic (exact) mass is 297 g/mol. The molecule has 1 heteroatoms. The maximum atomic E-state index is 9.80. The van der Waals surface area contributed by atoms with Crippen LogP contribution in [0, 0.1) is 11.3 Å². The number of nitrogens with zero attached hydrogens (tertiary/aromatic N) is 1. The summed E-state index contributed by atoms with van der Waals surface area (Å²) < 4.78 is 0. The lowest BCUT2D eigenvalue weighted by atomic mass is 9.87. The highest BCUT2D eigenvalue weighted by atomic mass is 14.3. The smallest absolute Gasteiger partial charge is 0.100 e. The normalized spacial score (nSPS) is 10.5. The molecule has 0 fully saturated rings. The molecule has 0 radical (unpaired) electrons. The van der Waals surface area contributed by atoms with Gasteiger partial charge in [-0.3, -0.25) is 0 Å².